The van der Waals surface area contributed by atoms with Crippen LogP contribution in [-0.2, 0) is 4.79 Å². The van der Waals surface area contributed by atoms with Crippen LogP contribution in [-0.4, -0.2) is 26.3 Å². The van der Waals surface area contributed by atoms with Crippen LogP contribution in [0.1, 0.15) is 0 Å². The Kier molecular flexibility index (Phi) is 16.6. The largest absolute Gasteiger partial charge is 0.480 e. The highest BCUT2D eigenvalue weighted by Gasteiger charge is 2.08. The van der Waals surface area contributed by atoms with E-state index in [1.165, 1.54) is 12.1 Å². The number of rotatable bonds is 3. The molecule has 0 atom stereocenters. The molecule has 22 heavy (non-hydrogen) atoms. The van der Waals surface area contributed by atoms with Gasteiger partial charge in [0.1, 0.15) is 5.75 Å². The summed E-state index contributed by atoms with van der Waals surface area (Å²) in [5, 5.41) is 9.14. The van der Waals surface area contributed by atoms with Gasteiger partial charge in [0.2, 0.25) is 0 Å². The molecule has 0 saturated carbocycles. The average Bonchev–Trinajstić information content (AvgIpc) is 2.30. The van der Waals surface area contributed by atoms with Crippen LogP contribution >= 0.6 is 104 Å². The van der Waals surface area contributed by atoms with Crippen LogP contribution in [0.3, 0.4) is 0 Å². The molecule has 1 aromatic rings. The molecular formula is C10H7Cl9O3. The molecule has 0 bridgehead atoms. The molecule has 0 aliphatic carbocycles. The number of alkyl halides is 6. The summed E-state index contributed by atoms with van der Waals surface area (Å²) in [5.74, 6) is -0.893. The summed E-state index contributed by atoms with van der Waals surface area (Å²) in [5.41, 5.74) is 0. The van der Waals surface area contributed by atoms with Gasteiger partial charge in [-0.3, -0.25) is 0 Å². The van der Waals surface area contributed by atoms with Crippen molar-refractivity contribution in [2.24, 2.45) is 0 Å². The molecule has 0 aromatic heterocycles. The van der Waals surface area contributed by atoms with E-state index in [0.717, 1.165) is 0 Å². The first kappa shape index (κ1) is 25.3. The van der Waals surface area contributed by atoms with Crippen LogP contribution in [0.15, 0.2) is 12.1 Å². The maximum absolute atomic E-state index is 10.2. The summed E-state index contributed by atoms with van der Waals surface area (Å²) in [7, 11) is 0. The molecule has 12 heteroatoms. The minimum absolute atomic E-state index is 0.198. The second-order valence-electron chi connectivity index (χ2n) is 2.87. The number of halogens is 9. The van der Waals surface area contributed by atoms with Gasteiger partial charge in [0.15, 0.2) is 15.2 Å². The lowest BCUT2D eigenvalue weighted by atomic mass is 10.3. The van der Waals surface area contributed by atoms with E-state index in [9.17, 15) is 4.79 Å². The van der Waals surface area contributed by atoms with Crippen molar-refractivity contribution in [1.29, 1.82) is 0 Å². The van der Waals surface area contributed by atoms with E-state index < -0.39 is 21.2 Å². The maximum atomic E-state index is 10.2. The van der Waals surface area contributed by atoms with Gasteiger partial charge >= 0.3 is 5.97 Å². The number of aliphatic carboxylic acids is 1. The molecule has 0 radical (unpaired) electrons. The third-order valence-corrected chi connectivity index (χ3v) is 2.34. The topological polar surface area (TPSA) is 46.5 Å². The number of benzene rings is 1. The van der Waals surface area contributed by atoms with Gasteiger partial charge in [-0.25, -0.2) is 4.79 Å². The summed E-state index contributed by atoms with van der Waals surface area (Å²) in [4.78, 5) is 10.2. The van der Waals surface area contributed by atoms with Crippen molar-refractivity contribution in [2.45, 2.75) is 8.59 Å². The van der Waals surface area contributed by atoms with E-state index in [1.807, 2.05) is 0 Å². The Balaban J connectivity index is 0. The Labute approximate surface area is 172 Å². The molecule has 0 heterocycles. The van der Waals surface area contributed by atoms with Crippen LogP contribution in [0.4, 0.5) is 0 Å². The first-order valence-electron chi connectivity index (χ1n) is 4.81. The highest BCUT2D eigenvalue weighted by molar-refractivity contribution is 6.63. The van der Waals surface area contributed by atoms with Gasteiger partial charge in [-0.1, -0.05) is 104 Å². The molecule has 1 rings (SSSR count). The molecule has 0 amide bonds. The molecule has 0 unspecified atom stereocenters. The predicted octanol–water partition coefficient (Wildman–Crippen LogP) is 7.08. The van der Waals surface area contributed by atoms with Gasteiger partial charge < -0.3 is 9.84 Å². The monoisotopic (exact) mass is 490 g/mol. The predicted molar refractivity (Wildman–Crippen MR) is 97.3 cm³/mol. The van der Waals surface area contributed by atoms with E-state index in [4.69, 9.17) is 114 Å². The van der Waals surface area contributed by atoms with Gasteiger partial charge in [0.25, 0.3) is 0 Å². The van der Waals surface area contributed by atoms with Crippen LogP contribution in [0.2, 0.25) is 15.1 Å². The first-order chi connectivity index (χ1) is 9.97. The van der Waals surface area contributed by atoms with E-state index in [2.05, 4.69) is 0 Å². The minimum atomic E-state index is -1.09. The van der Waals surface area contributed by atoms with Crippen molar-refractivity contribution in [3.63, 3.8) is 0 Å². The Morgan fingerprint density at radius 3 is 1.64 bits per heavy atom. The van der Waals surface area contributed by atoms with Gasteiger partial charge in [0.05, 0.1) is 15.1 Å². The van der Waals surface area contributed by atoms with E-state index in [-0.39, 0.29) is 15.8 Å². The fraction of sp³-hybridized carbons (Fsp3) is 0.300. The Morgan fingerprint density at radius 2 is 1.27 bits per heavy atom. The second kappa shape index (κ2) is 14.4. The van der Waals surface area contributed by atoms with Gasteiger partial charge in [-0.15, -0.1) is 0 Å². The standard InChI is InChI=1S/C8H5Cl3O3.2CHCl3/c9-4-1-6(11)7(2-5(4)10)14-3-8(12)13;2*2-1(3)4/h1-2H,3H2,(H,12,13);2*1H. The smallest absolute Gasteiger partial charge is 0.341 e. The summed E-state index contributed by atoms with van der Waals surface area (Å²) in [6, 6.07) is 2.76. The van der Waals surface area contributed by atoms with Gasteiger partial charge in [0, 0.05) is 6.07 Å². The van der Waals surface area contributed by atoms with Gasteiger partial charge in [-0.2, -0.15) is 0 Å². The zero-order chi connectivity index (χ0) is 17.9. The first-order valence-corrected chi connectivity index (χ1v) is 8.56. The average molecular weight is 494 g/mol. The Morgan fingerprint density at radius 1 is 0.909 bits per heavy atom. The fourth-order valence-electron chi connectivity index (χ4n) is 0.754. The third-order valence-electron chi connectivity index (χ3n) is 1.33. The van der Waals surface area contributed by atoms with Crippen molar-refractivity contribution >= 4 is 110 Å². The van der Waals surface area contributed by atoms with E-state index in [1.54, 1.807) is 0 Å². The van der Waals surface area contributed by atoms with Crippen molar-refractivity contribution in [1.82, 2.24) is 0 Å². The molecule has 0 spiro atoms. The highest BCUT2D eigenvalue weighted by Crippen LogP contribution is 2.33. The third kappa shape index (κ3) is 17.5. The summed E-state index contributed by atoms with van der Waals surface area (Å²) in [6.07, 6.45) is 0. The molecule has 1 N–H and O–H groups in total. The highest BCUT2D eigenvalue weighted by atomic mass is 35.6. The van der Waals surface area contributed by atoms with Crippen LogP contribution < -0.4 is 4.74 Å². The van der Waals surface area contributed by atoms with E-state index in [0.29, 0.717) is 5.02 Å². The normalized spacial score (nSPS) is 9.59. The molecule has 0 saturated heterocycles. The fourth-order valence-corrected chi connectivity index (χ4v) is 1.35. The zero-order valence-electron chi connectivity index (χ0n) is 10.2. The van der Waals surface area contributed by atoms with Crippen molar-refractivity contribution in [3.05, 3.63) is 27.2 Å². The summed E-state index contributed by atoms with van der Waals surface area (Å²) in [6.45, 7) is -0.475. The van der Waals surface area contributed by atoms with Crippen LogP contribution in [0.5, 0.6) is 5.75 Å². The molecular weight excluding hydrogens is 487 g/mol. The Hall–Kier alpha value is 1.10. The molecule has 128 valence electrons. The number of hydrogen-bond acceptors (Lipinski definition) is 2. The van der Waals surface area contributed by atoms with Gasteiger partial charge in [-0.05, 0) is 6.07 Å². The minimum Gasteiger partial charge on any atom is -0.480 e. The molecule has 0 fully saturated rings. The lowest BCUT2D eigenvalue weighted by molar-refractivity contribution is -0.139. The zero-order valence-corrected chi connectivity index (χ0v) is 17.0. The summed E-state index contributed by atoms with van der Waals surface area (Å²) >= 11 is 45.9. The molecule has 0 aliphatic heterocycles. The molecule has 1 aromatic carbocycles. The molecule has 0 aliphatic rings. The lowest BCUT2D eigenvalue weighted by Crippen LogP contribution is -2.09. The number of hydrogen-bond donors (Lipinski definition) is 1. The number of ether oxygens (including phenoxy) is 1. The van der Waals surface area contributed by atoms with Crippen LogP contribution in [0, 0.1) is 0 Å². The lowest BCUT2D eigenvalue weighted by Gasteiger charge is -2.06. The number of carboxylic acid groups (broad SMARTS) is 1. The Bertz CT molecular complexity index is 442. The van der Waals surface area contributed by atoms with Crippen LogP contribution in [0.25, 0.3) is 0 Å². The summed E-state index contributed by atoms with van der Waals surface area (Å²) < 4.78 is 3.36. The van der Waals surface area contributed by atoms with Crippen molar-refractivity contribution < 1.29 is 14.6 Å². The maximum Gasteiger partial charge on any atom is 0.341 e. The van der Waals surface area contributed by atoms with Crippen molar-refractivity contribution in [2.75, 3.05) is 6.61 Å². The molecule has 3 nitrogen and oxygen atoms in total. The second-order valence-corrected chi connectivity index (χ2v) is 8.05. The number of carbonyl (C=O) groups is 1. The van der Waals surface area contributed by atoms with E-state index >= 15 is 0 Å². The SMILES string of the molecule is ClC(Cl)Cl.ClC(Cl)Cl.O=C(O)COc1cc(Cl)c(Cl)cc1Cl. The number of carboxylic acids is 1. The quantitative estimate of drug-likeness (QED) is 0.361. The van der Waals surface area contributed by atoms with Crippen molar-refractivity contribution in [3.8, 4) is 5.75 Å².